The van der Waals surface area contributed by atoms with E-state index in [2.05, 4.69) is 11.4 Å². The molecule has 0 amide bonds. The molecule has 1 unspecified atom stereocenters. The lowest BCUT2D eigenvalue weighted by Gasteiger charge is -2.23. The molecule has 1 aromatic rings. The Morgan fingerprint density at radius 1 is 1.38 bits per heavy atom. The Morgan fingerprint density at radius 2 is 2.19 bits per heavy atom. The first kappa shape index (κ1) is 11.6. The van der Waals surface area contributed by atoms with Crippen LogP contribution in [-0.2, 0) is 6.42 Å². The Labute approximate surface area is 97.1 Å². The molecule has 1 fully saturated rings. The van der Waals surface area contributed by atoms with Crippen molar-refractivity contribution in [2.24, 2.45) is 5.92 Å². The summed E-state index contributed by atoms with van der Waals surface area (Å²) >= 11 is 0. The third kappa shape index (κ3) is 2.62. The minimum atomic E-state index is -0.0249. The van der Waals surface area contributed by atoms with Gasteiger partial charge in [-0.2, -0.15) is 0 Å². The normalized spacial score (nSPS) is 21.1. The van der Waals surface area contributed by atoms with E-state index in [1.54, 1.807) is 6.07 Å². The first-order valence-corrected chi connectivity index (χ1v) is 6.13. The average molecular weight is 221 g/mol. The number of nitrogens with one attached hydrogen (secondary N) is 1. The second-order valence-electron chi connectivity index (χ2n) is 4.96. The zero-order chi connectivity index (χ0) is 11.5. The number of piperidine rings is 1. The minimum absolute atomic E-state index is 0.0249. The summed E-state index contributed by atoms with van der Waals surface area (Å²) in [6, 6.07) is 3.73. The molecule has 0 bridgehead atoms. The van der Waals surface area contributed by atoms with Gasteiger partial charge in [0, 0.05) is 0 Å². The predicted molar refractivity (Wildman–Crippen MR) is 65.2 cm³/mol. The van der Waals surface area contributed by atoms with Crippen LogP contribution in [-0.4, -0.2) is 13.1 Å². The summed E-state index contributed by atoms with van der Waals surface area (Å²) < 4.78 is 13.8. The van der Waals surface area contributed by atoms with Gasteiger partial charge in [-0.3, -0.25) is 0 Å². The summed E-state index contributed by atoms with van der Waals surface area (Å²) in [6.45, 7) is 6.11. The third-order valence-electron chi connectivity index (χ3n) is 3.45. The van der Waals surface area contributed by atoms with Crippen LogP contribution in [0.5, 0.6) is 0 Å². The highest BCUT2D eigenvalue weighted by atomic mass is 19.1. The van der Waals surface area contributed by atoms with Crippen molar-refractivity contribution < 1.29 is 4.39 Å². The molecule has 0 aliphatic carbocycles. The van der Waals surface area contributed by atoms with E-state index in [-0.39, 0.29) is 5.82 Å². The summed E-state index contributed by atoms with van der Waals surface area (Å²) in [4.78, 5) is 0. The summed E-state index contributed by atoms with van der Waals surface area (Å²) in [6.07, 6.45) is 3.32. The highest BCUT2D eigenvalue weighted by molar-refractivity contribution is 5.32. The lowest BCUT2D eigenvalue weighted by Crippen LogP contribution is -2.31. The fourth-order valence-corrected chi connectivity index (χ4v) is 2.59. The van der Waals surface area contributed by atoms with Crippen LogP contribution in [0.2, 0.25) is 0 Å². The van der Waals surface area contributed by atoms with Crippen molar-refractivity contribution in [1.82, 2.24) is 5.32 Å². The maximum absolute atomic E-state index is 13.8. The van der Waals surface area contributed by atoms with Crippen LogP contribution in [0.15, 0.2) is 12.1 Å². The predicted octanol–water partition coefficient (Wildman–Crippen LogP) is 2.98. The summed E-state index contributed by atoms with van der Waals surface area (Å²) in [7, 11) is 0. The Balaban J connectivity index is 2.14. The van der Waals surface area contributed by atoms with Gasteiger partial charge in [-0.15, -0.1) is 0 Å². The topological polar surface area (TPSA) is 12.0 Å². The van der Waals surface area contributed by atoms with E-state index in [0.29, 0.717) is 5.92 Å². The molecule has 2 rings (SSSR count). The van der Waals surface area contributed by atoms with E-state index in [1.165, 1.54) is 12.8 Å². The van der Waals surface area contributed by atoms with Gasteiger partial charge in [-0.1, -0.05) is 6.07 Å². The van der Waals surface area contributed by atoms with Crippen molar-refractivity contribution in [3.05, 3.63) is 34.6 Å². The summed E-state index contributed by atoms with van der Waals surface area (Å²) in [5, 5.41) is 3.38. The lowest BCUT2D eigenvalue weighted by molar-refractivity contribution is 0.371. The maximum Gasteiger partial charge on any atom is 0.126 e. The second kappa shape index (κ2) is 4.96. The fraction of sp³-hybridized carbons (Fsp3) is 0.571. The average Bonchev–Trinajstić information content (AvgIpc) is 2.25. The Kier molecular flexibility index (Phi) is 3.59. The quantitative estimate of drug-likeness (QED) is 0.809. The smallest absolute Gasteiger partial charge is 0.126 e. The molecule has 0 saturated carbocycles. The first-order chi connectivity index (χ1) is 7.66. The van der Waals surface area contributed by atoms with E-state index < -0.39 is 0 Å². The molecule has 0 aromatic heterocycles. The van der Waals surface area contributed by atoms with Gasteiger partial charge in [0.05, 0.1) is 0 Å². The molecule has 0 radical (unpaired) electrons. The van der Waals surface area contributed by atoms with Gasteiger partial charge < -0.3 is 5.32 Å². The Morgan fingerprint density at radius 3 is 2.81 bits per heavy atom. The molecule has 2 heteroatoms. The van der Waals surface area contributed by atoms with E-state index >= 15 is 0 Å². The van der Waals surface area contributed by atoms with Crippen LogP contribution in [0.25, 0.3) is 0 Å². The highest BCUT2D eigenvalue weighted by Gasteiger charge is 2.16. The van der Waals surface area contributed by atoms with E-state index in [1.807, 2.05) is 13.8 Å². The zero-order valence-corrected chi connectivity index (χ0v) is 10.1. The van der Waals surface area contributed by atoms with E-state index in [9.17, 15) is 4.39 Å². The van der Waals surface area contributed by atoms with E-state index in [0.717, 1.165) is 36.2 Å². The molecule has 0 spiro atoms. The van der Waals surface area contributed by atoms with Gasteiger partial charge in [0.15, 0.2) is 0 Å². The van der Waals surface area contributed by atoms with Crippen LogP contribution in [0, 0.1) is 25.6 Å². The highest BCUT2D eigenvalue weighted by Crippen LogP contribution is 2.22. The van der Waals surface area contributed by atoms with Crippen LogP contribution >= 0.6 is 0 Å². The van der Waals surface area contributed by atoms with Crippen molar-refractivity contribution in [3.8, 4) is 0 Å². The van der Waals surface area contributed by atoms with Crippen molar-refractivity contribution in [2.75, 3.05) is 13.1 Å². The molecule has 1 atom stereocenters. The van der Waals surface area contributed by atoms with Crippen molar-refractivity contribution in [1.29, 1.82) is 0 Å². The fourth-order valence-electron chi connectivity index (χ4n) is 2.59. The lowest BCUT2D eigenvalue weighted by atomic mass is 9.89. The molecule has 1 aliphatic rings. The number of aryl methyl sites for hydroxylation is 2. The molecular formula is C14H20FN. The molecule has 1 N–H and O–H groups in total. The third-order valence-corrected chi connectivity index (χ3v) is 3.45. The van der Waals surface area contributed by atoms with Crippen molar-refractivity contribution in [2.45, 2.75) is 33.1 Å². The monoisotopic (exact) mass is 221 g/mol. The molecule has 1 aliphatic heterocycles. The maximum atomic E-state index is 13.8. The van der Waals surface area contributed by atoms with Crippen molar-refractivity contribution >= 4 is 0 Å². The van der Waals surface area contributed by atoms with E-state index in [4.69, 9.17) is 0 Å². The van der Waals surface area contributed by atoms with Crippen LogP contribution in [0.4, 0.5) is 4.39 Å². The van der Waals surface area contributed by atoms with Gasteiger partial charge in [0.25, 0.3) is 0 Å². The number of halogens is 1. The van der Waals surface area contributed by atoms with Gasteiger partial charge in [-0.25, -0.2) is 4.39 Å². The number of benzene rings is 1. The van der Waals surface area contributed by atoms with Gasteiger partial charge in [0.2, 0.25) is 0 Å². The Hall–Kier alpha value is -0.890. The standard InChI is InChI=1S/C14H20FN/c1-10-6-11(2)13(14(15)7-10)8-12-4-3-5-16-9-12/h6-7,12,16H,3-5,8-9H2,1-2H3. The molecule has 88 valence electrons. The molecule has 1 saturated heterocycles. The van der Waals surface area contributed by atoms with Crippen LogP contribution < -0.4 is 5.32 Å². The molecule has 1 aromatic carbocycles. The van der Waals surface area contributed by atoms with Gasteiger partial charge in [0.1, 0.15) is 5.82 Å². The first-order valence-electron chi connectivity index (χ1n) is 6.13. The number of rotatable bonds is 2. The van der Waals surface area contributed by atoms with Crippen LogP contribution in [0.3, 0.4) is 0 Å². The molecule has 16 heavy (non-hydrogen) atoms. The second-order valence-corrected chi connectivity index (χ2v) is 4.96. The molecule has 1 nitrogen and oxygen atoms in total. The van der Waals surface area contributed by atoms with Crippen LogP contribution in [0.1, 0.15) is 29.5 Å². The van der Waals surface area contributed by atoms with Gasteiger partial charge >= 0.3 is 0 Å². The van der Waals surface area contributed by atoms with Crippen molar-refractivity contribution in [3.63, 3.8) is 0 Å². The largest absolute Gasteiger partial charge is 0.316 e. The number of hydrogen-bond acceptors (Lipinski definition) is 1. The SMILES string of the molecule is Cc1cc(C)c(CC2CCCNC2)c(F)c1. The summed E-state index contributed by atoms with van der Waals surface area (Å²) in [5.41, 5.74) is 3.03. The molecule has 1 heterocycles. The number of hydrogen-bond donors (Lipinski definition) is 1. The molecular weight excluding hydrogens is 201 g/mol. The zero-order valence-electron chi connectivity index (χ0n) is 10.1. The Bertz CT molecular complexity index is 344. The summed E-state index contributed by atoms with van der Waals surface area (Å²) in [5.74, 6) is 0.577. The minimum Gasteiger partial charge on any atom is -0.316 e. The van der Waals surface area contributed by atoms with Gasteiger partial charge in [-0.05, 0) is 74.9 Å².